The van der Waals surface area contributed by atoms with Crippen LogP contribution in [0, 0.1) is 5.92 Å². The number of hydrogen-bond acceptors (Lipinski definition) is 3. The van der Waals surface area contributed by atoms with Crippen LogP contribution in [0.15, 0.2) is 60.8 Å². The van der Waals surface area contributed by atoms with Crippen LogP contribution in [-0.2, 0) is 21.0 Å². The molecule has 0 saturated carbocycles. The van der Waals surface area contributed by atoms with E-state index in [1.807, 2.05) is 31.2 Å². The lowest BCUT2D eigenvalue weighted by Gasteiger charge is -2.08. The van der Waals surface area contributed by atoms with Gasteiger partial charge in [-0.1, -0.05) is 64.1 Å². The molecular formula is C26H30F3NO4S. The molecule has 1 aromatic heterocycles. The van der Waals surface area contributed by atoms with Crippen molar-refractivity contribution in [3.8, 4) is 0 Å². The Hall–Kier alpha value is -3.07. The van der Waals surface area contributed by atoms with E-state index in [1.54, 1.807) is 19.1 Å². The second kappa shape index (κ2) is 11.6. The molecule has 35 heavy (non-hydrogen) atoms. The number of fused-ring (bicyclic) bond motifs is 1. The fourth-order valence-electron chi connectivity index (χ4n) is 3.12. The maximum Gasteiger partial charge on any atom is 0.416 e. The van der Waals surface area contributed by atoms with E-state index in [4.69, 9.17) is 5.11 Å². The van der Waals surface area contributed by atoms with Crippen LogP contribution in [-0.4, -0.2) is 29.2 Å². The Labute approximate surface area is 203 Å². The Bertz CT molecular complexity index is 1290. The molecule has 1 atom stereocenters. The summed E-state index contributed by atoms with van der Waals surface area (Å²) in [7, 11) is -3.74. The molecule has 0 radical (unpaired) electrons. The van der Waals surface area contributed by atoms with Gasteiger partial charge in [0.1, 0.15) is 0 Å². The first kappa shape index (κ1) is 28.2. The molecule has 2 aromatic carbocycles. The van der Waals surface area contributed by atoms with Gasteiger partial charge in [0, 0.05) is 11.6 Å². The van der Waals surface area contributed by atoms with Gasteiger partial charge < -0.3 is 5.11 Å². The summed E-state index contributed by atoms with van der Waals surface area (Å²) >= 11 is 0. The molecule has 3 aromatic rings. The lowest BCUT2D eigenvalue weighted by atomic mass is 10.0. The van der Waals surface area contributed by atoms with Gasteiger partial charge in [-0.15, -0.1) is 0 Å². The fourth-order valence-corrected chi connectivity index (χ4v) is 4.33. The molecule has 1 unspecified atom stereocenters. The van der Waals surface area contributed by atoms with E-state index in [9.17, 15) is 26.4 Å². The number of hydrogen-bond donors (Lipinski definition) is 1. The van der Waals surface area contributed by atoms with Crippen molar-refractivity contribution in [2.24, 2.45) is 5.92 Å². The van der Waals surface area contributed by atoms with Crippen LogP contribution < -0.4 is 0 Å². The SMILES string of the molecule is CC(C)c1cccc(C=CCS(=O)(=O)n2ccc3cc(C(F)(F)F)ccc32)c1.CCC(C)C(=O)O. The Morgan fingerprint density at radius 3 is 2.31 bits per heavy atom. The van der Waals surface area contributed by atoms with Crippen molar-refractivity contribution in [1.82, 2.24) is 3.97 Å². The lowest BCUT2D eigenvalue weighted by Crippen LogP contribution is -2.14. The number of alkyl halides is 3. The monoisotopic (exact) mass is 509 g/mol. The third-order valence-electron chi connectivity index (χ3n) is 5.51. The van der Waals surface area contributed by atoms with Gasteiger partial charge in [-0.25, -0.2) is 12.4 Å². The number of halogens is 3. The number of carboxylic acid groups (broad SMARTS) is 1. The van der Waals surface area contributed by atoms with E-state index in [0.717, 1.165) is 33.7 Å². The van der Waals surface area contributed by atoms with Crippen LogP contribution in [0.25, 0.3) is 17.0 Å². The summed E-state index contributed by atoms with van der Waals surface area (Å²) < 4.78 is 64.8. The van der Waals surface area contributed by atoms with Gasteiger partial charge in [-0.3, -0.25) is 4.79 Å². The summed E-state index contributed by atoms with van der Waals surface area (Å²) in [5.74, 6) is -0.781. The molecule has 0 fully saturated rings. The van der Waals surface area contributed by atoms with Gasteiger partial charge in [0.2, 0.25) is 10.0 Å². The minimum absolute atomic E-state index is 0.181. The molecule has 190 valence electrons. The third kappa shape index (κ3) is 7.71. The average Bonchev–Trinajstić information content (AvgIpc) is 3.23. The highest BCUT2D eigenvalue weighted by Gasteiger charge is 2.30. The van der Waals surface area contributed by atoms with E-state index in [-0.39, 0.29) is 22.6 Å². The van der Waals surface area contributed by atoms with Crippen molar-refractivity contribution in [2.75, 3.05) is 5.75 Å². The molecule has 0 bridgehead atoms. The van der Waals surface area contributed by atoms with Crippen molar-refractivity contribution in [2.45, 2.75) is 46.2 Å². The molecule has 1 heterocycles. The summed E-state index contributed by atoms with van der Waals surface area (Å²) in [4.78, 5) is 9.93. The highest BCUT2D eigenvalue weighted by molar-refractivity contribution is 7.90. The molecule has 1 N–H and O–H groups in total. The number of nitrogens with zero attached hydrogens (tertiary/aromatic N) is 1. The van der Waals surface area contributed by atoms with Crippen molar-refractivity contribution in [3.05, 3.63) is 77.5 Å². The first-order valence-corrected chi connectivity index (χ1v) is 12.8. The van der Waals surface area contributed by atoms with Gasteiger partial charge in [0.15, 0.2) is 0 Å². The molecule has 0 spiro atoms. The Balaban J connectivity index is 0.000000540. The topological polar surface area (TPSA) is 76.4 Å². The molecule has 0 aliphatic rings. The highest BCUT2D eigenvalue weighted by atomic mass is 32.2. The molecule has 5 nitrogen and oxygen atoms in total. The molecule has 0 amide bonds. The van der Waals surface area contributed by atoms with Crippen molar-refractivity contribution >= 4 is 33.0 Å². The zero-order valence-electron chi connectivity index (χ0n) is 20.1. The van der Waals surface area contributed by atoms with E-state index in [2.05, 4.69) is 13.8 Å². The third-order valence-corrected chi connectivity index (χ3v) is 7.04. The maximum atomic E-state index is 12.8. The zero-order valence-corrected chi connectivity index (χ0v) is 20.9. The van der Waals surface area contributed by atoms with Gasteiger partial charge in [-0.05, 0) is 47.7 Å². The zero-order chi connectivity index (χ0) is 26.4. The van der Waals surface area contributed by atoms with Crippen molar-refractivity contribution < 1.29 is 31.5 Å². The van der Waals surface area contributed by atoms with Crippen LogP contribution in [0.2, 0.25) is 0 Å². The minimum Gasteiger partial charge on any atom is -0.481 e. The molecule has 3 rings (SSSR count). The quantitative estimate of drug-likeness (QED) is 0.380. The van der Waals surface area contributed by atoms with Crippen molar-refractivity contribution in [3.63, 3.8) is 0 Å². The van der Waals surface area contributed by atoms with E-state index >= 15 is 0 Å². The molecule has 0 aliphatic heterocycles. The summed E-state index contributed by atoms with van der Waals surface area (Å²) in [6.45, 7) is 7.71. The van der Waals surface area contributed by atoms with Crippen LogP contribution in [0.3, 0.4) is 0 Å². The smallest absolute Gasteiger partial charge is 0.416 e. The molecular weight excluding hydrogens is 479 g/mol. The summed E-state index contributed by atoms with van der Waals surface area (Å²) in [5, 5.41) is 8.41. The largest absolute Gasteiger partial charge is 0.481 e. The van der Waals surface area contributed by atoms with Gasteiger partial charge in [0.05, 0.1) is 22.8 Å². The number of aromatic nitrogens is 1. The van der Waals surface area contributed by atoms with Gasteiger partial charge in [-0.2, -0.15) is 13.2 Å². The lowest BCUT2D eigenvalue weighted by molar-refractivity contribution is -0.141. The first-order valence-electron chi connectivity index (χ1n) is 11.2. The van der Waals surface area contributed by atoms with Crippen molar-refractivity contribution in [1.29, 1.82) is 0 Å². The van der Waals surface area contributed by atoms with Gasteiger partial charge in [0.25, 0.3) is 0 Å². The summed E-state index contributed by atoms with van der Waals surface area (Å²) in [5.41, 5.74) is 1.47. The molecule has 0 saturated heterocycles. The average molecular weight is 510 g/mol. The predicted molar refractivity (Wildman–Crippen MR) is 133 cm³/mol. The van der Waals surface area contributed by atoms with Crippen LogP contribution in [0.4, 0.5) is 13.2 Å². The number of benzene rings is 2. The predicted octanol–water partition coefficient (Wildman–Crippen LogP) is 6.79. The fraction of sp³-hybridized carbons (Fsp3) is 0.346. The first-order chi connectivity index (χ1) is 16.3. The Kier molecular flexibility index (Phi) is 9.31. The van der Waals surface area contributed by atoms with Gasteiger partial charge >= 0.3 is 12.1 Å². The van der Waals surface area contributed by atoms with Crippen LogP contribution in [0.1, 0.15) is 56.7 Å². The Morgan fingerprint density at radius 1 is 1.09 bits per heavy atom. The summed E-state index contributed by atoms with van der Waals surface area (Å²) in [6.07, 6.45) is 0.812. The number of rotatable bonds is 7. The molecule has 9 heteroatoms. The minimum atomic E-state index is -4.47. The summed E-state index contributed by atoms with van der Waals surface area (Å²) in [6, 6.07) is 12.2. The number of carboxylic acids is 1. The van der Waals surface area contributed by atoms with Crippen LogP contribution >= 0.6 is 0 Å². The van der Waals surface area contributed by atoms with Crippen LogP contribution in [0.5, 0.6) is 0 Å². The normalized spacial score (nSPS) is 13.1. The second-order valence-corrected chi connectivity index (χ2v) is 10.4. The maximum absolute atomic E-state index is 12.8. The number of carbonyl (C=O) groups is 1. The standard InChI is InChI=1S/C21H20F3NO2S.C5H10O2/c1-15(2)17-7-3-5-16(13-17)6-4-12-28(26,27)25-11-10-18-14-19(21(22,23)24)8-9-20(18)25;1-3-4(2)5(6)7/h3-11,13-15H,12H2,1-2H3;4H,3H2,1-2H3,(H,6,7). The van der Waals surface area contributed by atoms with E-state index in [1.165, 1.54) is 18.3 Å². The Morgan fingerprint density at radius 2 is 1.77 bits per heavy atom. The van der Waals surface area contributed by atoms with E-state index in [0.29, 0.717) is 5.92 Å². The van der Waals surface area contributed by atoms with E-state index < -0.39 is 27.7 Å². The number of aliphatic carboxylic acids is 1. The second-order valence-electron chi connectivity index (χ2n) is 8.54. The molecule has 0 aliphatic carbocycles. The highest BCUT2D eigenvalue weighted by Crippen LogP contribution is 2.32.